The van der Waals surface area contributed by atoms with E-state index in [1.807, 2.05) is 0 Å². The average Bonchev–Trinajstić information content (AvgIpc) is 1.99. The Morgan fingerprint density at radius 2 is 1.75 bits per heavy atom. The van der Waals surface area contributed by atoms with E-state index in [-0.39, 0.29) is 0 Å². The summed E-state index contributed by atoms with van der Waals surface area (Å²) in [6, 6.07) is 3.13. The maximum absolute atomic E-state index is 12.5. The quantitative estimate of drug-likeness (QED) is 0.662. The molecular formula is C8H6BF2O. The lowest BCUT2D eigenvalue weighted by Gasteiger charge is -1.94. The summed E-state index contributed by atoms with van der Waals surface area (Å²) in [5.74, 6) is 0.0222. The zero-order chi connectivity index (χ0) is 8.97. The summed E-state index contributed by atoms with van der Waals surface area (Å²) < 4.78 is 25.0. The normalized spacial score (nSPS) is 10.6. The van der Waals surface area contributed by atoms with Crippen LogP contribution in [0.3, 0.4) is 0 Å². The average molecular weight is 167 g/mol. The number of hydrogen-bond acceptors (Lipinski definition) is 1. The molecule has 12 heavy (non-hydrogen) atoms. The van der Waals surface area contributed by atoms with Gasteiger partial charge in [-0.05, 0) is 17.7 Å². The molecule has 1 nitrogen and oxygen atoms in total. The summed E-state index contributed by atoms with van der Waals surface area (Å²) >= 11 is 0. The van der Waals surface area contributed by atoms with Crippen LogP contribution in [0, 0.1) is 11.6 Å². The third kappa shape index (κ3) is 2.47. The van der Waals surface area contributed by atoms with Gasteiger partial charge in [0.2, 0.25) is 0 Å². The van der Waals surface area contributed by atoms with Gasteiger partial charge in [0.1, 0.15) is 11.6 Å². The Morgan fingerprint density at radius 1 is 1.17 bits per heavy atom. The summed E-state index contributed by atoms with van der Waals surface area (Å²) in [7, 11) is 0.794. The molecule has 1 aromatic rings. The van der Waals surface area contributed by atoms with Gasteiger partial charge >= 0.3 is 7.48 Å². The zero-order valence-electron chi connectivity index (χ0n) is 6.17. The third-order valence-corrected chi connectivity index (χ3v) is 1.26. The van der Waals surface area contributed by atoms with E-state index >= 15 is 0 Å². The first-order valence-corrected chi connectivity index (χ1v) is 3.32. The van der Waals surface area contributed by atoms with Crippen LogP contribution in [0.2, 0.25) is 0 Å². The molecule has 0 atom stereocenters. The van der Waals surface area contributed by atoms with Crippen LogP contribution >= 0.6 is 0 Å². The van der Waals surface area contributed by atoms with E-state index in [9.17, 15) is 8.78 Å². The van der Waals surface area contributed by atoms with Gasteiger partial charge in [0, 0.05) is 6.07 Å². The molecule has 0 aliphatic carbocycles. The van der Waals surface area contributed by atoms with E-state index < -0.39 is 11.6 Å². The number of halogens is 2. The van der Waals surface area contributed by atoms with Gasteiger partial charge in [-0.1, -0.05) is 12.1 Å². The highest BCUT2D eigenvalue weighted by Gasteiger charge is 1.96. The molecule has 0 aliphatic heterocycles. The Balaban J connectivity index is 2.93. The summed E-state index contributed by atoms with van der Waals surface area (Å²) in [4.78, 5) is 0. The summed E-state index contributed by atoms with van der Waals surface area (Å²) in [5.41, 5.74) is 0.373. The van der Waals surface area contributed by atoms with Crippen LogP contribution < -0.4 is 0 Å². The van der Waals surface area contributed by atoms with Gasteiger partial charge < -0.3 is 5.02 Å². The molecule has 0 fully saturated rings. The van der Waals surface area contributed by atoms with Crippen LogP contribution in [0.1, 0.15) is 5.56 Å². The van der Waals surface area contributed by atoms with Crippen LogP contribution in [0.5, 0.6) is 0 Å². The van der Waals surface area contributed by atoms with Gasteiger partial charge in [0.05, 0.1) is 0 Å². The molecule has 4 heteroatoms. The van der Waals surface area contributed by atoms with E-state index in [4.69, 9.17) is 5.02 Å². The van der Waals surface area contributed by atoms with Crippen molar-refractivity contribution >= 4 is 13.6 Å². The fraction of sp³-hybridized carbons (Fsp3) is 0. The SMILES string of the molecule is O[B]/C=C/c1cc(F)cc(F)c1. The first-order chi connectivity index (χ1) is 5.72. The Hall–Kier alpha value is -1.16. The highest BCUT2D eigenvalue weighted by molar-refractivity contribution is 6.33. The molecule has 61 valence electrons. The van der Waals surface area contributed by atoms with Gasteiger partial charge in [0.25, 0.3) is 0 Å². The predicted molar refractivity (Wildman–Crippen MR) is 43.4 cm³/mol. The molecule has 0 unspecified atom stereocenters. The monoisotopic (exact) mass is 167 g/mol. The van der Waals surface area contributed by atoms with E-state index in [2.05, 4.69) is 0 Å². The first kappa shape index (κ1) is 8.94. The molecule has 1 aromatic carbocycles. The van der Waals surface area contributed by atoms with Crippen molar-refractivity contribution in [1.82, 2.24) is 0 Å². The highest BCUT2D eigenvalue weighted by Crippen LogP contribution is 2.08. The van der Waals surface area contributed by atoms with Crippen LogP contribution in [0.25, 0.3) is 6.08 Å². The number of rotatable bonds is 2. The Labute approximate surface area is 69.6 Å². The molecule has 0 aliphatic rings. The van der Waals surface area contributed by atoms with E-state index in [1.165, 1.54) is 24.2 Å². The molecule has 0 bridgehead atoms. The second kappa shape index (κ2) is 4.02. The van der Waals surface area contributed by atoms with Gasteiger partial charge in [-0.15, -0.1) is 0 Å². The molecular weight excluding hydrogens is 161 g/mol. The van der Waals surface area contributed by atoms with Crippen LogP contribution in [-0.2, 0) is 0 Å². The molecule has 1 rings (SSSR count). The van der Waals surface area contributed by atoms with Crippen molar-refractivity contribution in [3.8, 4) is 0 Å². The molecule has 0 heterocycles. The van der Waals surface area contributed by atoms with Gasteiger partial charge in [-0.25, -0.2) is 8.78 Å². The van der Waals surface area contributed by atoms with Gasteiger partial charge in [-0.3, -0.25) is 0 Å². The zero-order valence-corrected chi connectivity index (χ0v) is 6.17. The topological polar surface area (TPSA) is 20.2 Å². The van der Waals surface area contributed by atoms with E-state index in [0.29, 0.717) is 5.56 Å². The molecule has 0 saturated heterocycles. The standard InChI is InChI=1S/C8H6BF2O/c10-7-3-6(1-2-9-12)4-8(11)5-7/h1-5,12H/b2-1+. The summed E-state index contributed by atoms with van der Waals surface area (Å²) in [5, 5.41) is 8.27. The van der Waals surface area contributed by atoms with Gasteiger partial charge in [-0.2, -0.15) is 0 Å². The fourth-order valence-electron chi connectivity index (χ4n) is 0.826. The largest absolute Gasteiger partial charge is 0.450 e. The summed E-state index contributed by atoms with van der Waals surface area (Å²) in [6.07, 6.45) is 1.40. The van der Waals surface area contributed by atoms with Crippen molar-refractivity contribution in [3.63, 3.8) is 0 Å². The Bertz CT molecular complexity index is 279. The minimum Gasteiger partial charge on any atom is -0.450 e. The minimum absolute atomic E-state index is 0.373. The van der Waals surface area contributed by atoms with Crippen molar-refractivity contribution in [2.75, 3.05) is 0 Å². The van der Waals surface area contributed by atoms with Crippen molar-refractivity contribution in [2.45, 2.75) is 0 Å². The second-order valence-electron chi connectivity index (χ2n) is 2.21. The van der Waals surface area contributed by atoms with Crippen molar-refractivity contribution in [3.05, 3.63) is 41.4 Å². The maximum atomic E-state index is 12.5. The first-order valence-electron chi connectivity index (χ1n) is 3.32. The number of benzene rings is 1. The molecule has 0 spiro atoms. The van der Waals surface area contributed by atoms with Crippen molar-refractivity contribution < 1.29 is 13.8 Å². The smallest absolute Gasteiger partial charge is 0.318 e. The van der Waals surface area contributed by atoms with Crippen LogP contribution in [-0.4, -0.2) is 12.5 Å². The lowest BCUT2D eigenvalue weighted by molar-refractivity contribution is 0.582. The Kier molecular flexibility index (Phi) is 2.99. The molecule has 1 N–H and O–H groups in total. The lowest BCUT2D eigenvalue weighted by Crippen LogP contribution is -1.83. The van der Waals surface area contributed by atoms with Crippen molar-refractivity contribution in [2.24, 2.45) is 0 Å². The van der Waals surface area contributed by atoms with Crippen LogP contribution in [0.4, 0.5) is 8.78 Å². The van der Waals surface area contributed by atoms with Gasteiger partial charge in [0.15, 0.2) is 0 Å². The van der Waals surface area contributed by atoms with Crippen LogP contribution in [0.15, 0.2) is 24.2 Å². The third-order valence-electron chi connectivity index (χ3n) is 1.26. The molecule has 0 amide bonds. The maximum Gasteiger partial charge on any atom is 0.318 e. The highest BCUT2D eigenvalue weighted by atomic mass is 19.1. The second-order valence-corrected chi connectivity index (χ2v) is 2.21. The molecule has 1 radical (unpaired) electrons. The van der Waals surface area contributed by atoms with E-state index in [0.717, 1.165) is 13.5 Å². The Morgan fingerprint density at radius 3 is 2.25 bits per heavy atom. The molecule has 0 saturated carbocycles. The fourth-order valence-corrected chi connectivity index (χ4v) is 0.826. The predicted octanol–water partition coefficient (Wildman–Crippen LogP) is 1.55. The molecule has 0 aromatic heterocycles. The van der Waals surface area contributed by atoms with Crippen molar-refractivity contribution in [1.29, 1.82) is 0 Å². The minimum atomic E-state index is -0.632. The lowest BCUT2D eigenvalue weighted by atomic mass is 10.0. The number of hydrogen-bond donors (Lipinski definition) is 1. The summed E-state index contributed by atoms with van der Waals surface area (Å²) in [6.45, 7) is 0. The van der Waals surface area contributed by atoms with E-state index in [1.54, 1.807) is 0 Å².